The maximum absolute atomic E-state index is 13.7. The quantitative estimate of drug-likeness (QED) is 0.790. The molecule has 1 aromatic carbocycles. The summed E-state index contributed by atoms with van der Waals surface area (Å²) in [6, 6.07) is 2.18. The van der Waals surface area contributed by atoms with Crippen molar-refractivity contribution in [2.24, 2.45) is 0 Å². The smallest absolute Gasteiger partial charge is 0.343 e. The van der Waals surface area contributed by atoms with E-state index >= 15 is 0 Å². The number of rotatable bonds is 3. The van der Waals surface area contributed by atoms with Crippen LogP contribution in [0.25, 0.3) is 5.57 Å². The third kappa shape index (κ3) is 2.03. The fourth-order valence-electron chi connectivity index (χ4n) is 2.02. The van der Waals surface area contributed by atoms with Crippen molar-refractivity contribution in [1.82, 2.24) is 0 Å². The van der Waals surface area contributed by atoms with Gasteiger partial charge in [-0.2, -0.15) is 4.39 Å². The van der Waals surface area contributed by atoms with Gasteiger partial charge in [-0.05, 0) is 19.1 Å². The lowest BCUT2D eigenvalue weighted by atomic mass is 10.0. The standard InChI is InChI=1S/C13H12F2O4/c1-6-11(17-2)9(13(16)19-6)7-4-5-8(14)10(15)12(7)18-3/h4-6H,1-3H3/t6-/m0/s1. The Labute approximate surface area is 108 Å². The van der Waals surface area contributed by atoms with Gasteiger partial charge in [-0.1, -0.05) is 0 Å². The number of methoxy groups -OCH3 is 2. The van der Waals surface area contributed by atoms with Crippen molar-refractivity contribution in [3.8, 4) is 5.75 Å². The van der Waals surface area contributed by atoms with Gasteiger partial charge >= 0.3 is 5.97 Å². The van der Waals surface area contributed by atoms with Crippen molar-refractivity contribution in [2.75, 3.05) is 14.2 Å². The largest absolute Gasteiger partial charge is 0.496 e. The summed E-state index contributed by atoms with van der Waals surface area (Å²) in [6.45, 7) is 1.62. The monoisotopic (exact) mass is 270 g/mol. The minimum absolute atomic E-state index is 0.0470. The molecule has 0 fully saturated rings. The van der Waals surface area contributed by atoms with Crippen LogP contribution < -0.4 is 4.74 Å². The average Bonchev–Trinajstić information content (AvgIpc) is 2.66. The first-order valence-corrected chi connectivity index (χ1v) is 5.52. The molecule has 2 rings (SSSR count). The minimum Gasteiger partial charge on any atom is -0.496 e. The first-order chi connectivity index (χ1) is 9.01. The fraction of sp³-hybridized carbons (Fsp3) is 0.308. The van der Waals surface area contributed by atoms with Crippen LogP contribution in [-0.2, 0) is 14.3 Å². The van der Waals surface area contributed by atoms with E-state index in [1.807, 2.05) is 0 Å². The van der Waals surface area contributed by atoms with Crippen LogP contribution in [0.15, 0.2) is 17.9 Å². The molecule has 0 aromatic heterocycles. The van der Waals surface area contributed by atoms with Gasteiger partial charge in [0.15, 0.2) is 23.4 Å². The number of ether oxygens (including phenoxy) is 3. The van der Waals surface area contributed by atoms with Crippen molar-refractivity contribution in [2.45, 2.75) is 13.0 Å². The van der Waals surface area contributed by atoms with Gasteiger partial charge in [-0.25, -0.2) is 9.18 Å². The van der Waals surface area contributed by atoms with Gasteiger partial charge < -0.3 is 14.2 Å². The van der Waals surface area contributed by atoms with Crippen molar-refractivity contribution in [3.63, 3.8) is 0 Å². The molecule has 1 aliphatic heterocycles. The Kier molecular flexibility index (Phi) is 3.42. The highest BCUT2D eigenvalue weighted by molar-refractivity contribution is 6.20. The van der Waals surface area contributed by atoms with Crippen LogP contribution >= 0.6 is 0 Å². The molecule has 4 nitrogen and oxygen atoms in total. The average molecular weight is 270 g/mol. The molecule has 0 amide bonds. The highest BCUT2D eigenvalue weighted by Crippen LogP contribution is 2.37. The molecule has 102 valence electrons. The summed E-state index contributed by atoms with van der Waals surface area (Å²) in [5, 5.41) is 0. The SMILES string of the molecule is COC1=C(c2ccc(F)c(F)c2OC)C(=O)O[C@H]1C. The van der Waals surface area contributed by atoms with Crippen LogP contribution in [-0.4, -0.2) is 26.3 Å². The van der Waals surface area contributed by atoms with E-state index in [2.05, 4.69) is 0 Å². The van der Waals surface area contributed by atoms with E-state index in [1.54, 1.807) is 6.92 Å². The number of halogens is 2. The fourth-order valence-corrected chi connectivity index (χ4v) is 2.02. The third-order valence-electron chi connectivity index (χ3n) is 2.85. The van der Waals surface area contributed by atoms with Crippen LogP contribution in [0.5, 0.6) is 5.75 Å². The van der Waals surface area contributed by atoms with Crippen molar-refractivity contribution in [1.29, 1.82) is 0 Å². The Balaban J connectivity index is 2.68. The zero-order valence-corrected chi connectivity index (χ0v) is 10.6. The van der Waals surface area contributed by atoms with Crippen LogP contribution in [0.1, 0.15) is 12.5 Å². The summed E-state index contributed by atoms with van der Waals surface area (Å²) >= 11 is 0. The summed E-state index contributed by atoms with van der Waals surface area (Å²) in [4.78, 5) is 11.8. The number of benzene rings is 1. The molecule has 1 atom stereocenters. The molecule has 0 radical (unpaired) electrons. The number of carbonyl (C=O) groups excluding carboxylic acids is 1. The lowest BCUT2D eigenvalue weighted by Gasteiger charge is -2.10. The van der Waals surface area contributed by atoms with Crippen molar-refractivity contribution in [3.05, 3.63) is 35.1 Å². The second kappa shape index (κ2) is 4.87. The van der Waals surface area contributed by atoms with E-state index in [0.717, 1.165) is 6.07 Å². The molecule has 19 heavy (non-hydrogen) atoms. The summed E-state index contributed by atoms with van der Waals surface area (Å²) in [7, 11) is 2.57. The molecule has 1 heterocycles. The second-order valence-corrected chi connectivity index (χ2v) is 3.93. The molecule has 1 aliphatic rings. The number of cyclic esters (lactones) is 1. The van der Waals surface area contributed by atoms with Crippen LogP contribution in [0.4, 0.5) is 8.78 Å². The highest BCUT2D eigenvalue weighted by Gasteiger charge is 2.36. The molecule has 6 heteroatoms. The van der Waals surface area contributed by atoms with Crippen LogP contribution in [0, 0.1) is 11.6 Å². The molecule has 0 unspecified atom stereocenters. The van der Waals surface area contributed by atoms with E-state index in [1.165, 1.54) is 20.3 Å². The van der Waals surface area contributed by atoms with E-state index in [-0.39, 0.29) is 22.6 Å². The predicted octanol–water partition coefficient (Wildman–Crippen LogP) is 2.28. The molecule has 0 aliphatic carbocycles. The first kappa shape index (κ1) is 13.3. The molecular formula is C13H12F2O4. The van der Waals surface area contributed by atoms with E-state index in [9.17, 15) is 13.6 Å². The van der Waals surface area contributed by atoms with Gasteiger partial charge in [0.1, 0.15) is 5.57 Å². The Bertz CT molecular complexity index is 566. The molecule has 0 spiro atoms. The Morgan fingerprint density at radius 3 is 2.47 bits per heavy atom. The second-order valence-electron chi connectivity index (χ2n) is 3.93. The number of carbonyl (C=O) groups is 1. The third-order valence-corrected chi connectivity index (χ3v) is 2.85. The zero-order valence-electron chi connectivity index (χ0n) is 10.6. The van der Waals surface area contributed by atoms with Gasteiger partial charge in [-0.15, -0.1) is 0 Å². The number of hydrogen-bond donors (Lipinski definition) is 0. The van der Waals surface area contributed by atoms with Gasteiger partial charge in [0.2, 0.25) is 5.82 Å². The molecular weight excluding hydrogens is 258 g/mol. The summed E-state index contributed by atoms with van der Waals surface area (Å²) < 4.78 is 41.7. The van der Waals surface area contributed by atoms with Gasteiger partial charge in [-0.3, -0.25) is 0 Å². The van der Waals surface area contributed by atoms with Crippen LogP contribution in [0.3, 0.4) is 0 Å². The van der Waals surface area contributed by atoms with Gasteiger partial charge in [0.05, 0.1) is 14.2 Å². The highest BCUT2D eigenvalue weighted by atomic mass is 19.2. The predicted molar refractivity (Wildman–Crippen MR) is 62.4 cm³/mol. The van der Waals surface area contributed by atoms with Crippen molar-refractivity contribution < 1.29 is 27.8 Å². The lowest BCUT2D eigenvalue weighted by molar-refractivity contribution is -0.137. The molecule has 1 aromatic rings. The van der Waals surface area contributed by atoms with Crippen LogP contribution in [0.2, 0.25) is 0 Å². The summed E-state index contributed by atoms with van der Waals surface area (Å²) in [5.74, 6) is -2.96. The Morgan fingerprint density at radius 1 is 1.21 bits per heavy atom. The maximum atomic E-state index is 13.7. The minimum atomic E-state index is -1.16. The summed E-state index contributed by atoms with van der Waals surface area (Å²) in [5.41, 5.74) is 0.151. The topological polar surface area (TPSA) is 44.8 Å². The molecule has 0 saturated carbocycles. The first-order valence-electron chi connectivity index (χ1n) is 5.52. The Hall–Kier alpha value is -2.11. The zero-order chi connectivity index (χ0) is 14.2. The van der Waals surface area contributed by atoms with E-state index < -0.39 is 23.7 Å². The van der Waals surface area contributed by atoms with E-state index in [4.69, 9.17) is 14.2 Å². The number of esters is 1. The lowest BCUT2D eigenvalue weighted by Crippen LogP contribution is -2.06. The Morgan fingerprint density at radius 2 is 1.89 bits per heavy atom. The molecule has 0 bridgehead atoms. The summed E-state index contributed by atoms with van der Waals surface area (Å²) in [6.07, 6.45) is -0.578. The van der Waals surface area contributed by atoms with E-state index in [0.29, 0.717) is 0 Å². The van der Waals surface area contributed by atoms with Gasteiger partial charge in [0.25, 0.3) is 0 Å². The molecule has 0 saturated heterocycles. The molecule has 0 N–H and O–H groups in total. The normalized spacial score (nSPS) is 18.6. The maximum Gasteiger partial charge on any atom is 0.343 e. The van der Waals surface area contributed by atoms with Gasteiger partial charge in [0, 0.05) is 5.56 Å². The number of hydrogen-bond acceptors (Lipinski definition) is 4. The van der Waals surface area contributed by atoms with Crippen molar-refractivity contribution >= 4 is 11.5 Å².